The number of anilines is 2. The Morgan fingerprint density at radius 3 is 2.35 bits per heavy atom. The summed E-state index contributed by atoms with van der Waals surface area (Å²) < 4.78 is 5.10. The molecule has 0 aliphatic rings. The van der Waals surface area contributed by atoms with Gasteiger partial charge in [-0.05, 0) is 61.1 Å². The molecule has 0 aliphatic heterocycles. The zero-order valence-electron chi connectivity index (χ0n) is 18.4. The summed E-state index contributed by atoms with van der Waals surface area (Å²) in [5.41, 5.74) is 3.13. The number of carbonyl (C=O) groups is 1. The first-order valence-corrected chi connectivity index (χ1v) is 12.8. The smallest absolute Gasteiger partial charge is 0.341 e. The van der Waals surface area contributed by atoms with Crippen molar-refractivity contribution in [2.45, 2.75) is 16.7 Å². The average molecular weight is 525 g/mol. The van der Waals surface area contributed by atoms with Crippen LogP contribution in [0.15, 0.2) is 88.7 Å². The van der Waals surface area contributed by atoms with Gasteiger partial charge in [0.25, 0.3) is 0 Å². The Morgan fingerprint density at radius 1 is 0.971 bits per heavy atom. The van der Waals surface area contributed by atoms with Crippen LogP contribution in [0, 0.1) is 6.92 Å². The Hall–Kier alpha value is -2.84. The molecule has 8 heteroatoms. The monoisotopic (exact) mass is 524 g/mol. The molecule has 0 saturated carbocycles. The average Bonchev–Trinajstić information content (AvgIpc) is 3.17. The van der Waals surface area contributed by atoms with Crippen LogP contribution in [0.2, 0.25) is 5.02 Å². The topological polar surface area (TPSA) is 50.4 Å². The molecule has 0 fully saturated rings. The predicted molar refractivity (Wildman–Crippen MR) is 148 cm³/mol. The van der Waals surface area contributed by atoms with Gasteiger partial charge in [0.1, 0.15) is 10.6 Å². The highest BCUT2D eigenvalue weighted by Gasteiger charge is 2.24. The molecule has 0 radical (unpaired) electrons. The summed E-state index contributed by atoms with van der Waals surface area (Å²) >= 11 is 14.7. The number of thiocarbonyl (C=S) groups is 1. The van der Waals surface area contributed by atoms with Crippen LogP contribution in [-0.2, 0) is 4.74 Å². The first kappa shape index (κ1) is 24.3. The van der Waals surface area contributed by atoms with Gasteiger partial charge in [-0.3, -0.25) is 0 Å². The molecule has 0 spiro atoms. The summed E-state index contributed by atoms with van der Waals surface area (Å²) in [6.07, 6.45) is 0. The van der Waals surface area contributed by atoms with Crippen LogP contribution in [-0.4, -0.2) is 18.2 Å². The minimum atomic E-state index is -0.410. The third kappa shape index (κ3) is 5.62. The van der Waals surface area contributed by atoms with Crippen molar-refractivity contribution in [3.05, 3.63) is 94.3 Å². The summed E-state index contributed by atoms with van der Waals surface area (Å²) in [5.74, 6) is -0.410. The third-order valence-electron chi connectivity index (χ3n) is 4.94. The minimum absolute atomic E-state index is 0.384. The number of hydrogen-bond donors (Lipinski definition) is 2. The molecule has 1 heterocycles. The molecular weight excluding hydrogens is 504 g/mol. The number of carbonyl (C=O) groups excluding carboxylic acids is 1. The number of methoxy groups -OCH3 is 1. The molecule has 3 aromatic carbocycles. The second-order valence-electron chi connectivity index (χ2n) is 7.23. The fraction of sp³-hybridized carbons (Fsp3) is 0.0769. The molecular formula is C26H21ClN2O2S3. The van der Waals surface area contributed by atoms with Crippen molar-refractivity contribution in [2.24, 2.45) is 0 Å². The fourth-order valence-electron chi connectivity index (χ4n) is 3.43. The van der Waals surface area contributed by atoms with E-state index in [0.717, 1.165) is 31.5 Å². The van der Waals surface area contributed by atoms with Gasteiger partial charge in [0, 0.05) is 25.3 Å². The fourth-order valence-corrected chi connectivity index (χ4v) is 5.80. The van der Waals surface area contributed by atoms with E-state index in [9.17, 15) is 4.79 Å². The Labute approximate surface area is 217 Å². The van der Waals surface area contributed by atoms with Gasteiger partial charge in [-0.2, -0.15) is 0 Å². The summed E-state index contributed by atoms with van der Waals surface area (Å²) in [6, 6.07) is 25.4. The number of benzene rings is 3. The van der Waals surface area contributed by atoms with Crippen LogP contribution in [0.25, 0.3) is 11.1 Å². The third-order valence-corrected chi connectivity index (χ3v) is 7.50. The molecule has 0 atom stereocenters. The van der Waals surface area contributed by atoms with Crippen molar-refractivity contribution >= 4 is 68.7 Å². The second-order valence-corrected chi connectivity index (χ2v) is 10.4. The van der Waals surface area contributed by atoms with E-state index < -0.39 is 5.97 Å². The highest BCUT2D eigenvalue weighted by atomic mass is 35.5. The van der Waals surface area contributed by atoms with E-state index in [1.807, 2.05) is 85.8 Å². The number of nitrogens with one attached hydrogen (secondary N) is 2. The molecule has 0 amide bonds. The van der Waals surface area contributed by atoms with E-state index in [4.69, 9.17) is 28.6 Å². The quantitative estimate of drug-likeness (QED) is 0.196. The number of para-hydroxylation sites is 1. The first-order chi connectivity index (χ1) is 16.5. The van der Waals surface area contributed by atoms with Gasteiger partial charge in [-0.1, -0.05) is 65.8 Å². The van der Waals surface area contributed by atoms with E-state index in [1.54, 1.807) is 11.8 Å². The standard InChI is InChI=1S/C26H21ClN2O2S3/c1-16-22(17-8-4-3-5-9-17)23(25(30)31-2)24(33-16)29-26(32)28-20-10-6-7-11-21(20)34-19-14-12-18(27)13-15-19/h3-15H,1-2H3,(H2,28,29,32). The lowest BCUT2D eigenvalue weighted by atomic mass is 10.0. The normalized spacial score (nSPS) is 10.6. The number of hydrogen-bond acceptors (Lipinski definition) is 5. The number of aryl methyl sites for hydroxylation is 1. The predicted octanol–water partition coefficient (Wildman–Crippen LogP) is 8.12. The molecule has 2 N–H and O–H groups in total. The lowest BCUT2D eigenvalue weighted by Gasteiger charge is -2.14. The van der Waals surface area contributed by atoms with E-state index in [-0.39, 0.29) is 0 Å². The van der Waals surface area contributed by atoms with Crippen LogP contribution in [0.1, 0.15) is 15.2 Å². The molecule has 4 aromatic rings. The molecule has 0 saturated heterocycles. The van der Waals surface area contributed by atoms with E-state index in [2.05, 4.69) is 10.6 Å². The van der Waals surface area contributed by atoms with Gasteiger partial charge < -0.3 is 15.4 Å². The van der Waals surface area contributed by atoms with E-state index in [1.165, 1.54) is 18.4 Å². The van der Waals surface area contributed by atoms with Crippen LogP contribution in [0.3, 0.4) is 0 Å². The van der Waals surface area contributed by atoms with Gasteiger partial charge in [-0.25, -0.2) is 4.79 Å². The lowest BCUT2D eigenvalue weighted by Crippen LogP contribution is -2.20. The largest absolute Gasteiger partial charge is 0.465 e. The minimum Gasteiger partial charge on any atom is -0.465 e. The van der Waals surface area contributed by atoms with Gasteiger partial charge in [0.2, 0.25) is 0 Å². The Bertz CT molecular complexity index is 1320. The SMILES string of the molecule is COC(=O)c1c(NC(=S)Nc2ccccc2Sc2ccc(Cl)cc2)sc(C)c1-c1ccccc1. The maximum Gasteiger partial charge on any atom is 0.341 e. The van der Waals surface area contributed by atoms with Gasteiger partial charge in [0.15, 0.2) is 5.11 Å². The van der Waals surface area contributed by atoms with Crippen LogP contribution in [0.4, 0.5) is 10.7 Å². The van der Waals surface area contributed by atoms with Crippen molar-refractivity contribution in [1.29, 1.82) is 0 Å². The summed E-state index contributed by atoms with van der Waals surface area (Å²) in [5, 5.41) is 8.21. The van der Waals surface area contributed by atoms with Crippen molar-refractivity contribution < 1.29 is 9.53 Å². The first-order valence-electron chi connectivity index (χ1n) is 10.3. The van der Waals surface area contributed by atoms with Gasteiger partial charge in [0.05, 0.1) is 12.8 Å². The van der Waals surface area contributed by atoms with Crippen LogP contribution < -0.4 is 10.6 Å². The number of rotatable bonds is 6. The summed E-state index contributed by atoms with van der Waals surface area (Å²) in [4.78, 5) is 15.8. The molecule has 4 rings (SSSR count). The van der Waals surface area contributed by atoms with E-state index >= 15 is 0 Å². The summed E-state index contributed by atoms with van der Waals surface area (Å²) in [6.45, 7) is 1.99. The zero-order valence-corrected chi connectivity index (χ0v) is 21.6. The molecule has 0 unspecified atom stereocenters. The van der Waals surface area contributed by atoms with Crippen molar-refractivity contribution in [3.8, 4) is 11.1 Å². The van der Waals surface area contributed by atoms with Crippen LogP contribution >= 0.6 is 46.9 Å². The molecule has 172 valence electrons. The lowest BCUT2D eigenvalue weighted by molar-refractivity contribution is 0.0603. The maximum atomic E-state index is 12.7. The van der Waals surface area contributed by atoms with Crippen molar-refractivity contribution in [2.75, 3.05) is 17.7 Å². The van der Waals surface area contributed by atoms with E-state index in [0.29, 0.717) is 20.7 Å². The highest BCUT2D eigenvalue weighted by Crippen LogP contribution is 2.40. The number of esters is 1. The van der Waals surface area contributed by atoms with Gasteiger partial charge in [-0.15, -0.1) is 11.3 Å². The molecule has 34 heavy (non-hydrogen) atoms. The molecule has 0 aliphatic carbocycles. The number of halogens is 1. The Kier molecular flexibility index (Phi) is 7.90. The second kappa shape index (κ2) is 11.1. The highest BCUT2D eigenvalue weighted by molar-refractivity contribution is 7.99. The van der Waals surface area contributed by atoms with Crippen LogP contribution in [0.5, 0.6) is 0 Å². The summed E-state index contributed by atoms with van der Waals surface area (Å²) in [7, 11) is 1.38. The maximum absolute atomic E-state index is 12.7. The molecule has 1 aromatic heterocycles. The Morgan fingerprint density at radius 2 is 1.65 bits per heavy atom. The molecule has 0 bridgehead atoms. The zero-order chi connectivity index (χ0) is 24.1. The molecule has 4 nitrogen and oxygen atoms in total. The number of thiophene rings is 1. The number of ether oxygens (including phenoxy) is 1. The van der Waals surface area contributed by atoms with Crippen molar-refractivity contribution in [1.82, 2.24) is 0 Å². The van der Waals surface area contributed by atoms with Gasteiger partial charge >= 0.3 is 5.97 Å². The van der Waals surface area contributed by atoms with Crippen molar-refractivity contribution in [3.63, 3.8) is 0 Å². The Balaban J connectivity index is 1.59.